The highest BCUT2D eigenvalue weighted by Crippen LogP contribution is 2.60. The van der Waals surface area contributed by atoms with E-state index < -0.39 is 8.07 Å². The van der Waals surface area contributed by atoms with Crippen molar-refractivity contribution in [2.24, 2.45) is 11.3 Å². The molecule has 0 unspecified atom stereocenters. The van der Waals surface area contributed by atoms with Gasteiger partial charge in [0.05, 0.1) is 30.3 Å². The molecule has 0 spiro atoms. The van der Waals surface area contributed by atoms with E-state index >= 15 is 0 Å². The van der Waals surface area contributed by atoms with Gasteiger partial charge >= 0.3 is 0 Å². The molecule has 3 aromatic rings. The van der Waals surface area contributed by atoms with E-state index in [1.54, 1.807) is 4.90 Å². The zero-order chi connectivity index (χ0) is 29.1. The van der Waals surface area contributed by atoms with Gasteiger partial charge in [-0.3, -0.25) is 9.69 Å². The third-order valence-electron chi connectivity index (χ3n) is 9.60. The van der Waals surface area contributed by atoms with E-state index in [1.165, 1.54) is 17.7 Å². The van der Waals surface area contributed by atoms with Crippen LogP contribution in [-0.4, -0.2) is 84.6 Å². The average Bonchev–Trinajstić information content (AvgIpc) is 3.24. The van der Waals surface area contributed by atoms with Crippen molar-refractivity contribution in [1.29, 1.82) is 0 Å². The summed E-state index contributed by atoms with van der Waals surface area (Å²) in [6.07, 6.45) is 3.38. The molecule has 1 N–H and O–H groups in total. The molecular weight excluding hydrogens is 532 g/mol. The Labute approximate surface area is 244 Å². The Kier molecular flexibility index (Phi) is 7.41. The molecule has 9 nitrogen and oxygen atoms in total. The Morgan fingerprint density at radius 3 is 2.78 bits per heavy atom. The molecule has 3 aliphatic rings. The number of carbonyl (C=O) groups excluding carboxylic acids is 1. The van der Waals surface area contributed by atoms with Crippen LogP contribution in [0.25, 0.3) is 22.6 Å². The molecule has 2 aliphatic carbocycles. The van der Waals surface area contributed by atoms with Gasteiger partial charge in [-0.15, -0.1) is 0 Å². The summed E-state index contributed by atoms with van der Waals surface area (Å²) in [5.41, 5.74) is 7.71. The van der Waals surface area contributed by atoms with Crippen molar-refractivity contribution >= 4 is 30.7 Å². The van der Waals surface area contributed by atoms with Crippen molar-refractivity contribution in [2.75, 3.05) is 44.9 Å². The van der Waals surface area contributed by atoms with Gasteiger partial charge in [0.2, 0.25) is 5.91 Å². The number of H-pyrrole nitrogens is 1. The predicted octanol–water partition coefficient (Wildman–Crippen LogP) is 4.86. The smallest absolute Gasteiger partial charge is 0.243 e. The van der Waals surface area contributed by atoms with Crippen LogP contribution in [0.5, 0.6) is 0 Å². The van der Waals surface area contributed by atoms with Crippen molar-refractivity contribution in [1.82, 2.24) is 24.6 Å². The maximum absolute atomic E-state index is 13.4. The third-order valence-corrected chi connectivity index (χ3v) is 11.3. The molecular formula is C31H46N6O3Si. The zero-order valence-corrected chi connectivity index (χ0v) is 26.8. The van der Waals surface area contributed by atoms with E-state index in [0.717, 1.165) is 78.3 Å². The van der Waals surface area contributed by atoms with Crippen LogP contribution in [0.4, 0.5) is 5.69 Å². The topological polar surface area (TPSA) is 88.5 Å². The van der Waals surface area contributed by atoms with Crippen LogP contribution in [0, 0.1) is 18.3 Å². The summed E-state index contributed by atoms with van der Waals surface area (Å²) in [5.74, 6) is 1.61. The number of carbonyl (C=O) groups is 1. The first-order chi connectivity index (χ1) is 19.4. The Hall–Kier alpha value is -2.53. The van der Waals surface area contributed by atoms with Crippen LogP contribution in [0.3, 0.4) is 0 Å². The molecule has 2 fully saturated rings. The van der Waals surface area contributed by atoms with E-state index in [-0.39, 0.29) is 11.9 Å². The molecule has 3 atom stereocenters. The summed E-state index contributed by atoms with van der Waals surface area (Å²) < 4.78 is 13.7. The molecule has 1 saturated carbocycles. The lowest BCUT2D eigenvalue weighted by atomic mass is 9.87. The minimum Gasteiger partial charge on any atom is -0.379 e. The SMILES string of the molecule is Cc1cc2[nH]c(-c3nn(COCC[Si](C)(C)C)c4c3C[C@@H]3C[C@]3(C)C4)nc2cc1N(C)C(=O)[C@H](C)N1CCOCC1. The van der Waals surface area contributed by atoms with Crippen molar-refractivity contribution in [3.05, 3.63) is 29.0 Å². The number of hydrogen-bond acceptors (Lipinski definition) is 6. The van der Waals surface area contributed by atoms with Crippen LogP contribution >= 0.6 is 0 Å². The second-order valence-electron chi connectivity index (χ2n) is 14.0. The number of ether oxygens (including phenoxy) is 2. The number of likely N-dealkylation sites (N-methyl/N-ethyl adjacent to an activating group) is 1. The van der Waals surface area contributed by atoms with Crippen molar-refractivity contribution in [3.8, 4) is 11.5 Å². The first-order valence-electron chi connectivity index (χ1n) is 15.2. The van der Waals surface area contributed by atoms with Crippen LogP contribution in [0.15, 0.2) is 12.1 Å². The monoisotopic (exact) mass is 578 g/mol. The number of anilines is 1. The summed E-state index contributed by atoms with van der Waals surface area (Å²) in [5, 5.41) is 5.09. The maximum Gasteiger partial charge on any atom is 0.243 e. The molecule has 222 valence electrons. The van der Waals surface area contributed by atoms with Crippen LogP contribution < -0.4 is 4.90 Å². The molecule has 1 amide bonds. The second kappa shape index (κ2) is 10.6. The van der Waals surface area contributed by atoms with Gasteiger partial charge in [-0.25, -0.2) is 9.67 Å². The number of nitrogens with zero attached hydrogens (tertiary/aromatic N) is 5. The molecule has 6 rings (SSSR count). The number of aryl methyl sites for hydroxylation is 1. The molecule has 2 aromatic heterocycles. The molecule has 1 aliphatic heterocycles. The number of imidazole rings is 1. The summed E-state index contributed by atoms with van der Waals surface area (Å²) in [7, 11) is 0.720. The number of aromatic nitrogens is 4. The van der Waals surface area contributed by atoms with Crippen LogP contribution in [0.1, 0.15) is 37.1 Å². The number of amides is 1. The number of hydrogen-bond donors (Lipinski definition) is 1. The maximum atomic E-state index is 13.4. The standard InChI is InChI=1S/C31H46N6O3Si/c1-20-14-24-25(16-26(20)35(4)30(38)21(2)36-8-10-39-11-9-36)33-29(32-24)28-23-15-22-17-31(22,3)18-27(23)37(34-28)19-40-12-13-41(5,6)7/h14,16,21-22H,8-13,15,17-19H2,1-7H3,(H,32,33)/t21-,22+,31+/m0/s1. The Balaban J connectivity index is 1.27. The van der Waals surface area contributed by atoms with Crippen molar-refractivity contribution in [3.63, 3.8) is 0 Å². The molecule has 10 heteroatoms. The second-order valence-corrected chi connectivity index (χ2v) is 19.6. The van der Waals surface area contributed by atoms with E-state index in [4.69, 9.17) is 19.6 Å². The van der Waals surface area contributed by atoms with Gasteiger partial charge in [-0.05, 0) is 68.2 Å². The fraction of sp³-hybridized carbons (Fsp3) is 0.645. The minimum atomic E-state index is -1.15. The normalized spacial score (nSPS) is 23.3. The number of aromatic amines is 1. The highest BCUT2D eigenvalue weighted by molar-refractivity contribution is 6.76. The van der Waals surface area contributed by atoms with Gasteiger partial charge < -0.3 is 19.4 Å². The average molecular weight is 579 g/mol. The van der Waals surface area contributed by atoms with Gasteiger partial charge in [0.25, 0.3) is 0 Å². The lowest BCUT2D eigenvalue weighted by Gasteiger charge is -2.33. The number of morpholine rings is 1. The lowest BCUT2D eigenvalue weighted by Crippen LogP contribution is -2.50. The van der Waals surface area contributed by atoms with Crippen LogP contribution in [0.2, 0.25) is 25.7 Å². The number of nitrogens with one attached hydrogen (secondary N) is 1. The fourth-order valence-corrected chi connectivity index (χ4v) is 7.34. The number of fused-ring (bicyclic) bond motifs is 3. The molecule has 0 radical (unpaired) electrons. The van der Waals surface area contributed by atoms with Crippen molar-refractivity contribution < 1.29 is 14.3 Å². The third kappa shape index (κ3) is 5.63. The number of rotatable bonds is 9. The first-order valence-corrected chi connectivity index (χ1v) is 18.9. The van der Waals surface area contributed by atoms with E-state index in [2.05, 4.69) is 54.1 Å². The van der Waals surface area contributed by atoms with Gasteiger partial charge in [-0.1, -0.05) is 26.6 Å². The zero-order valence-electron chi connectivity index (χ0n) is 25.8. The molecule has 1 saturated heterocycles. The molecule has 3 heterocycles. The van der Waals surface area contributed by atoms with E-state index in [0.29, 0.717) is 25.4 Å². The van der Waals surface area contributed by atoms with E-state index in [9.17, 15) is 4.79 Å². The predicted molar refractivity (Wildman–Crippen MR) is 165 cm³/mol. The largest absolute Gasteiger partial charge is 0.379 e. The van der Waals surface area contributed by atoms with Crippen molar-refractivity contribution in [2.45, 2.75) is 78.5 Å². The minimum absolute atomic E-state index is 0.0829. The molecule has 0 bridgehead atoms. The quantitative estimate of drug-likeness (QED) is 0.288. The fourth-order valence-electron chi connectivity index (χ4n) is 6.59. The Morgan fingerprint density at radius 2 is 2.05 bits per heavy atom. The van der Waals surface area contributed by atoms with Gasteiger partial charge in [0.15, 0.2) is 5.82 Å². The molecule has 1 aromatic carbocycles. The van der Waals surface area contributed by atoms with Crippen LogP contribution in [-0.2, 0) is 33.8 Å². The summed E-state index contributed by atoms with van der Waals surface area (Å²) in [6.45, 7) is 17.8. The van der Waals surface area contributed by atoms with E-state index in [1.807, 2.05) is 20.0 Å². The summed E-state index contributed by atoms with van der Waals surface area (Å²) in [4.78, 5) is 26.0. The first kappa shape index (κ1) is 28.6. The molecule has 41 heavy (non-hydrogen) atoms. The Morgan fingerprint density at radius 1 is 1.29 bits per heavy atom. The van der Waals surface area contributed by atoms with Gasteiger partial charge in [0.1, 0.15) is 12.4 Å². The highest BCUT2D eigenvalue weighted by atomic mass is 28.3. The number of benzene rings is 1. The summed E-state index contributed by atoms with van der Waals surface area (Å²) >= 11 is 0. The van der Waals surface area contributed by atoms with Gasteiger partial charge in [-0.2, -0.15) is 5.10 Å². The Bertz CT molecular complexity index is 1450. The highest BCUT2D eigenvalue weighted by Gasteiger charge is 2.54. The summed E-state index contributed by atoms with van der Waals surface area (Å²) in [6, 6.07) is 5.09. The van der Waals surface area contributed by atoms with Gasteiger partial charge in [0, 0.05) is 51.8 Å². The lowest BCUT2D eigenvalue weighted by molar-refractivity contribution is -0.124.